The van der Waals surface area contributed by atoms with E-state index in [2.05, 4.69) is 36.9 Å². The minimum absolute atomic E-state index is 0.594. The summed E-state index contributed by atoms with van der Waals surface area (Å²) in [5.74, 6) is 0.658. The molecule has 1 aliphatic rings. The molecule has 1 saturated heterocycles. The molecule has 0 amide bonds. The van der Waals surface area contributed by atoms with Crippen LogP contribution in [0.3, 0.4) is 0 Å². The highest BCUT2D eigenvalue weighted by Gasteiger charge is 2.33. The average molecular weight is 286 g/mol. The van der Waals surface area contributed by atoms with Crippen molar-refractivity contribution in [2.45, 2.75) is 24.9 Å². The lowest BCUT2D eigenvalue weighted by Gasteiger charge is -2.26. The van der Waals surface area contributed by atoms with Gasteiger partial charge in [0.2, 0.25) is 0 Å². The Bertz CT molecular complexity index is 493. The van der Waals surface area contributed by atoms with Gasteiger partial charge in [-0.05, 0) is 32.0 Å². The zero-order valence-corrected chi connectivity index (χ0v) is 13.3. The number of benzene rings is 1. The maximum Gasteiger partial charge on any atom is 0.131 e. The molecule has 1 aromatic carbocycles. The lowest BCUT2D eigenvalue weighted by atomic mass is 9.89. The van der Waals surface area contributed by atoms with Crippen molar-refractivity contribution in [2.75, 3.05) is 33.7 Å². The number of nitriles is 1. The molecule has 0 spiro atoms. The summed E-state index contributed by atoms with van der Waals surface area (Å²) in [7, 11) is 4.27. The van der Waals surface area contributed by atoms with Crippen LogP contribution < -0.4 is 5.73 Å². The molecule has 1 heterocycles. The number of hydrogen-bond donors (Lipinski definition) is 1. The van der Waals surface area contributed by atoms with Crippen molar-refractivity contribution in [2.24, 2.45) is 11.7 Å². The van der Waals surface area contributed by atoms with E-state index in [1.54, 1.807) is 0 Å². The first-order chi connectivity index (χ1) is 9.96. The third-order valence-corrected chi connectivity index (χ3v) is 4.62. The Kier molecular flexibility index (Phi) is 5.00. The smallest absolute Gasteiger partial charge is 0.131 e. The first-order valence-corrected chi connectivity index (χ1v) is 7.61. The molecule has 2 rings (SSSR count). The molecule has 0 bridgehead atoms. The number of rotatable bonds is 5. The van der Waals surface area contributed by atoms with E-state index in [0.717, 1.165) is 25.2 Å². The first-order valence-electron chi connectivity index (χ1n) is 7.61. The summed E-state index contributed by atoms with van der Waals surface area (Å²) in [6.07, 6.45) is 0.667. The molecule has 0 aromatic heterocycles. The highest BCUT2D eigenvalue weighted by atomic mass is 15.2. The molecule has 1 aliphatic heterocycles. The summed E-state index contributed by atoms with van der Waals surface area (Å²) in [5, 5.41) is 9.50. The Hall–Kier alpha value is -1.41. The molecule has 0 aliphatic carbocycles. The van der Waals surface area contributed by atoms with E-state index in [4.69, 9.17) is 5.73 Å². The zero-order valence-electron chi connectivity index (χ0n) is 13.3. The fourth-order valence-corrected chi connectivity index (χ4v) is 3.24. The van der Waals surface area contributed by atoms with Crippen LogP contribution in [0, 0.1) is 17.2 Å². The van der Waals surface area contributed by atoms with Crippen molar-refractivity contribution < 1.29 is 0 Å². The molecular weight excluding hydrogens is 260 g/mol. The van der Waals surface area contributed by atoms with E-state index in [9.17, 15) is 5.26 Å². The van der Waals surface area contributed by atoms with Crippen LogP contribution in [0.5, 0.6) is 0 Å². The summed E-state index contributed by atoms with van der Waals surface area (Å²) >= 11 is 0. The Labute approximate surface area is 128 Å². The molecule has 1 aromatic rings. The maximum atomic E-state index is 9.50. The number of nitrogens with two attached hydrogens (primary N) is 1. The van der Waals surface area contributed by atoms with Crippen molar-refractivity contribution >= 4 is 0 Å². The van der Waals surface area contributed by atoms with Gasteiger partial charge in [-0.2, -0.15) is 5.26 Å². The van der Waals surface area contributed by atoms with Gasteiger partial charge in [-0.1, -0.05) is 37.3 Å². The van der Waals surface area contributed by atoms with E-state index in [1.807, 2.05) is 30.3 Å². The van der Waals surface area contributed by atoms with Crippen LogP contribution in [0.1, 0.15) is 18.9 Å². The minimum atomic E-state index is -0.888. The predicted octanol–water partition coefficient (Wildman–Crippen LogP) is 1.64. The molecule has 2 N–H and O–H groups in total. The molecular formula is C17H26N4. The fraction of sp³-hybridized carbons (Fsp3) is 0.588. The van der Waals surface area contributed by atoms with Crippen LogP contribution in [0.2, 0.25) is 0 Å². The van der Waals surface area contributed by atoms with Gasteiger partial charge in [0, 0.05) is 25.7 Å². The largest absolute Gasteiger partial charge is 0.310 e. The lowest BCUT2D eigenvalue weighted by Crippen LogP contribution is -2.39. The summed E-state index contributed by atoms with van der Waals surface area (Å²) in [6, 6.07) is 12.6. The maximum absolute atomic E-state index is 9.50. The Balaban J connectivity index is 1.98. The van der Waals surface area contributed by atoms with Crippen molar-refractivity contribution in [3.63, 3.8) is 0 Å². The van der Waals surface area contributed by atoms with Gasteiger partial charge in [0.05, 0.1) is 6.07 Å². The summed E-state index contributed by atoms with van der Waals surface area (Å²) < 4.78 is 0. The number of hydrogen-bond acceptors (Lipinski definition) is 4. The second-order valence-electron chi connectivity index (χ2n) is 6.47. The molecule has 0 saturated carbocycles. The van der Waals surface area contributed by atoms with Crippen LogP contribution in [0.25, 0.3) is 0 Å². The minimum Gasteiger partial charge on any atom is -0.310 e. The second-order valence-corrected chi connectivity index (χ2v) is 6.47. The summed E-state index contributed by atoms with van der Waals surface area (Å²) in [6.45, 7) is 5.30. The van der Waals surface area contributed by atoms with Gasteiger partial charge in [0.1, 0.15) is 5.54 Å². The molecule has 0 radical (unpaired) electrons. The van der Waals surface area contributed by atoms with Gasteiger partial charge in [0.25, 0.3) is 0 Å². The van der Waals surface area contributed by atoms with Crippen LogP contribution in [-0.2, 0) is 5.54 Å². The quantitative estimate of drug-likeness (QED) is 0.894. The molecule has 1 fully saturated rings. The SMILES string of the molecule is CC1CN(CCC(N)(C#N)c2ccccc2)CC1N(C)C. The zero-order chi connectivity index (χ0) is 15.5. The lowest BCUT2D eigenvalue weighted by molar-refractivity contribution is 0.247. The molecule has 3 unspecified atom stereocenters. The van der Waals surface area contributed by atoms with E-state index in [1.165, 1.54) is 0 Å². The molecule has 21 heavy (non-hydrogen) atoms. The van der Waals surface area contributed by atoms with Crippen LogP contribution in [0.15, 0.2) is 30.3 Å². The van der Waals surface area contributed by atoms with E-state index < -0.39 is 5.54 Å². The third kappa shape index (κ3) is 3.62. The van der Waals surface area contributed by atoms with Crippen molar-refractivity contribution in [1.82, 2.24) is 9.80 Å². The standard InChI is InChI=1S/C17H26N4/c1-14-11-21(12-16(14)20(2)3)10-9-17(19,13-18)15-7-5-4-6-8-15/h4-8,14,16H,9-12,19H2,1-3H3. The third-order valence-electron chi connectivity index (χ3n) is 4.62. The molecule has 4 heteroatoms. The number of nitrogens with zero attached hydrogens (tertiary/aromatic N) is 3. The Morgan fingerprint density at radius 1 is 1.33 bits per heavy atom. The molecule has 3 atom stereocenters. The van der Waals surface area contributed by atoms with Gasteiger partial charge >= 0.3 is 0 Å². The predicted molar refractivity (Wildman–Crippen MR) is 85.6 cm³/mol. The van der Waals surface area contributed by atoms with Crippen LogP contribution >= 0.6 is 0 Å². The fourth-order valence-electron chi connectivity index (χ4n) is 3.24. The highest BCUT2D eigenvalue weighted by molar-refractivity contribution is 5.30. The first kappa shape index (κ1) is 16.0. The van der Waals surface area contributed by atoms with Gasteiger partial charge < -0.3 is 15.5 Å². The number of likely N-dealkylation sites (N-methyl/N-ethyl adjacent to an activating group) is 1. The molecule has 114 valence electrons. The van der Waals surface area contributed by atoms with Crippen LogP contribution in [-0.4, -0.2) is 49.6 Å². The Morgan fingerprint density at radius 3 is 2.52 bits per heavy atom. The van der Waals surface area contributed by atoms with Crippen LogP contribution in [0.4, 0.5) is 0 Å². The highest BCUT2D eigenvalue weighted by Crippen LogP contribution is 2.25. The van der Waals surface area contributed by atoms with Crippen molar-refractivity contribution in [3.8, 4) is 6.07 Å². The van der Waals surface area contributed by atoms with E-state index >= 15 is 0 Å². The van der Waals surface area contributed by atoms with Gasteiger partial charge in [0.15, 0.2) is 0 Å². The molecule has 4 nitrogen and oxygen atoms in total. The van der Waals surface area contributed by atoms with Gasteiger partial charge in [-0.15, -0.1) is 0 Å². The van der Waals surface area contributed by atoms with Gasteiger partial charge in [-0.25, -0.2) is 0 Å². The summed E-state index contributed by atoms with van der Waals surface area (Å²) in [4.78, 5) is 4.72. The van der Waals surface area contributed by atoms with Gasteiger partial charge in [-0.3, -0.25) is 0 Å². The normalized spacial score (nSPS) is 25.7. The number of likely N-dealkylation sites (tertiary alicyclic amines) is 1. The topological polar surface area (TPSA) is 56.3 Å². The van der Waals surface area contributed by atoms with Crippen molar-refractivity contribution in [1.29, 1.82) is 5.26 Å². The van der Waals surface area contributed by atoms with E-state index in [0.29, 0.717) is 18.4 Å². The van der Waals surface area contributed by atoms with E-state index in [-0.39, 0.29) is 0 Å². The average Bonchev–Trinajstić information content (AvgIpc) is 2.87. The van der Waals surface area contributed by atoms with Crippen molar-refractivity contribution in [3.05, 3.63) is 35.9 Å². The monoisotopic (exact) mass is 286 g/mol. The summed E-state index contributed by atoms with van der Waals surface area (Å²) in [5.41, 5.74) is 6.35. The second kappa shape index (κ2) is 6.57. The Morgan fingerprint density at radius 2 is 2.00 bits per heavy atom.